The van der Waals surface area contributed by atoms with E-state index in [4.69, 9.17) is 0 Å². The third kappa shape index (κ3) is 6.05. The molecule has 8 heteroatoms. The number of nitrogens with zero attached hydrogens (tertiary/aromatic N) is 4. The van der Waals surface area contributed by atoms with E-state index in [2.05, 4.69) is 10.3 Å². The highest BCUT2D eigenvalue weighted by Gasteiger charge is 2.28. The van der Waals surface area contributed by atoms with Crippen LogP contribution in [0.15, 0.2) is 4.99 Å². The number of hydrogen-bond acceptors (Lipinski definition) is 4. The van der Waals surface area contributed by atoms with Gasteiger partial charge in [-0.25, -0.2) is 4.99 Å². The lowest BCUT2D eigenvalue weighted by molar-refractivity contribution is -0.127. The van der Waals surface area contributed by atoms with Gasteiger partial charge in [0.15, 0.2) is 5.96 Å². The average molecular weight is 327 g/mol. The van der Waals surface area contributed by atoms with E-state index in [-0.39, 0.29) is 36.9 Å². The lowest BCUT2D eigenvalue weighted by Crippen LogP contribution is -2.45. The molecular weight excluding hydrogens is 298 g/mol. The summed E-state index contributed by atoms with van der Waals surface area (Å²) < 4.78 is 0. The summed E-state index contributed by atoms with van der Waals surface area (Å²) in [6.07, 6.45) is 0.481. The number of carbonyl (C=O) groups is 2. The quantitative estimate of drug-likeness (QED) is 0.490. The van der Waals surface area contributed by atoms with Crippen LogP contribution in [0.25, 0.3) is 0 Å². The molecule has 2 atom stereocenters. The number of carbonyl (C=O) groups excluding carboxylic acids is 2. The van der Waals surface area contributed by atoms with Crippen LogP contribution in [0.5, 0.6) is 0 Å². The first-order valence-electron chi connectivity index (χ1n) is 7.84. The predicted molar refractivity (Wildman–Crippen MR) is 89.1 cm³/mol. The Bertz CT molecular complexity index is 448. The summed E-state index contributed by atoms with van der Waals surface area (Å²) in [4.78, 5) is 32.8. The van der Waals surface area contributed by atoms with Crippen LogP contribution in [-0.2, 0) is 9.59 Å². The van der Waals surface area contributed by atoms with Crippen molar-refractivity contribution in [2.45, 2.75) is 19.4 Å². The molecule has 0 saturated carbocycles. The number of guanidine groups is 1. The SMILES string of the molecule is CC(O)C1CCN(C(=NCC(=O)N(C)C)NCC(=O)N(C)C)C1. The first-order chi connectivity index (χ1) is 10.7. The molecule has 0 bridgehead atoms. The van der Waals surface area contributed by atoms with Gasteiger partial charge in [-0.3, -0.25) is 9.59 Å². The summed E-state index contributed by atoms with van der Waals surface area (Å²) in [5.74, 6) is 0.548. The number of aliphatic hydroxyl groups is 1. The Labute approximate surface area is 138 Å². The molecule has 0 spiro atoms. The Hall–Kier alpha value is -1.83. The molecule has 0 aliphatic carbocycles. The summed E-state index contributed by atoms with van der Waals surface area (Å²) in [6.45, 7) is 3.34. The van der Waals surface area contributed by atoms with Crippen LogP contribution in [0.2, 0.25) is 0 Å². The minimum absolute atomic E-state index is 0.0291. The zero-order chi connectivity index (χ0) is 17.6. The Morgan fingerprint density at radius 1 is 1.26 bits per heavy atom. The second-order valence-corrected chi connectivity index (χ2v) is 6.31. The Balaban J connectivity index is 2.74. The predicted octanol–water partition coefficient (Wildman–Crippen LogP) is -1.19. The molecule has 0 radical (unpaired) electrons. The topological polar surface area (TPSA) is 88.5 Å². The Morgan fingerprint density at radius 3 is 2.35 bits per heavy atom. The maximum absolute atomic E-state index is 11.8. The van der Waals surface area contributed by atoms with E-state index in [0.29, 0.717) is 12.5 Å². The fourth-order valence-electron chi connectivity index (χ4n) is 2.24. The van der Waals surface area contributed by atoms with Crippen molar-refractivity contribution in [1.82, 2.24) is 20.0 Å². The number of rotatable bonds is 5. The molecule has 132 valence electrons. The van der Waals surface area contributed by atoms with Gasteiger partial charge in [-0.1, -0.05) is 0 Å². The molecule has 2 unspecified atom stereocenters. The summed E-state index contributed by atoms with van der Waals surface area (Å²) in [6, 6.07) is 0. The molecule has 2 N–H and O–H groups in total. The van der Waals surface area contributed by atoms with E-state index in [0.717, 1.165) is 13.0 Å². The summed E-state index contributed by atoms with van der Waals surface area (Å²) in [5.41, 5.74) is 0. The van der Waals surface area contributed by atoms with Crippen molar-refractivity contribution in [3.8, 4) is 0 Å². The standard InChI is InChI=1S/C15H29N5O3/c1-11(21)12-6-7-20(10-12)15(16-8-13(22)18(2)3)17-9-14(23)19(4)5/h11-12,21H,6-10H2,1-5H3,(H,16,17). The molecule has 23 heavy (non-hydrogen) atoms. The maximum Gasteiger partial charge on any atom is 0.243 e. The van der Waals surface area contributed by atoms with E-state index in [9.17, 15) is 14.7 Å². The van der Waals surface area contributed by atoms with Crippen molar-refractivity contribution in [2.75, 3.05) is 54.4 Å². The first kappa shape index (κ1) is 19.2. The van der Waals surface area contributed by atoms with Crippen molar-refractivity contribution in [2.24, 2.45) is 10.9 Å². The maximum atomic E-state index is 11.8. The highest BCUT2D eigenvalue weighted by atomic mass is 16.3. The van der Waals surface area contributed by atoms with Crippen LogP contribution in [0, 0.1) is 5.92 Å². The van der Waals surface area contributed by atoms with Gasteiger partial charge in [0.1, 0.15) is 6.54 Å². The van der Waals surface area contributed by atoms with Gasteiger partial charge in [-0.2, -0.15) is 0 Å². The number of likely N-dealkylation sites (tertiary alicyclic amines) is 1. The summed E-state index contributed by atoms with van der Waals surface area (Å²) >= 11 is 0. The Morgan fingerprint density at radius 2 is 1.87 bits per heavy atom. The van der Waals surface area contributed by atoms with Gasteiger partial charge in [-0.15, -0.1) is 0 Å². The van der Waals surface area contributed by atoms with E-state index in [1.54, 1.807) is 35.1 Å². The van der Waals surface area contributed by atoms with E-state index < -0.39 is 0 Å². The number of likely N-dealkylation sites (N-methyl/N-ethyl adjacent to an activating group) is 2. The van der Waals surface area contributed by atoms with Crippen LogP contribution in [0.1, 0.15) is 13.3 Å². The number of nitrogens with one attached hydrogen (secondary N) is 1. The number of aliphatic imine (C=N–C) groups is 1. The van der Waals surface area contributed by atoms with E-state index in [1.807, 2.05) is 4.90 Å². The second kappa shape index (κ2) is 8.71. The minimum Gasteiger partial charge on any atom is -0.393 e. The van der Waals surface area contributed by atoms with Crippen molar-refractivity contribution in [3.63, 3.8) is 0 Å². The van der Waals surface area contributed by atoms with Crippen LogP contribution >= 0.6 is 0 Å². The fourth-order valence-corrected chi connectivity index (χ4v) is 2.24. The average Bonchev–Trinajstić information content (AvgIpc) is 2.96. The molecule has 1 aliphatic heterocycles. The van der Waals surface area contributed by atoms with Crippen molar-refractivity contribution in [3.05, 3.63) is 0 Å². The second-order valence-electron chi connectivity index (χ2n) is 6.31. The zero-order valence-electron chi connectivity index (χ0n) is 14.7. The molecule has 0 aromatic rings. The van der Waals surface area contributed by atoms with Crippen molar-refractivity contribution < 1.29 is 14.7 Å². The third-order valence-electron chi connectivity index (χ3n) is 3.97. The van der Waals surface area contributed by atoms with Gasteiger partial charge >= 0.3 is 0 Å². The van der Waals surface area contributed by atoms with Gasteiger partial charge in [0.2, 0.25) is 11.8 Å². The molecule has 0 aromatic carbocycles. The molecule has 1 aliphatic rings. The van der Waals surface area contributed by atoms with Crippen LogP contribution in [0.4, 0.5) is 0 Å². The highest BCUT2D eigenvalue weighted by molar-refractivity contribution is 5.88. The molecule has 1 rings (SSSR count). The van der Waals surface area contributed by atoms with Gasteiger partial charge in [0, 0.05) is 47.2 Å². The summed E-state index contributed by atoms with van der Waals surface area (Å²) in [7, 11) is 6.74. The molecule has 1 fully saturated rings. The van der Waals surface area contributed by atoms with E-state index >= 15 is 0 Å². The van der Waals surface area contributed by atoms with Crippen molar-refractivity contribution in [1.29, 1.82) is 0 Å². The van der Waals surface area contributed by atoms with Crippen LogP contribution in [-0.4, -0.2) is 98.1 Å². The Kier molecular flexibility index (Phi) is 7.28. The fraction of sp³-hybridized carbons (Fsp3) is 0.800. The summed E-state index contributed by atoms with van der Waals surface area (Å²) in [5, 5.41) is 12.8. The van der Waals surface area contributed by atoms with Crippen LogP contribution < -0.4 is 5.32 Å². The van der Waals surface area contributed by atoms with Crippen LogP contribution in [0.3, 0.4) is 0 Å². The lowest BCUT2D eigenvalue weighted by Gasteiger charge is -2.23. The number of hydrogen-bond donors (Lipinski definition) is 2. The minimum atomic E-state index is -0.381. The van der Waals surface area contributed by atoms with Gasteiger partial charge in [-0.05, 0) is 13.3 Å². The molecule has 2 amide bonds. The van der Waals surface area contributed by atoms with E-state index in [1.165, 1.54) is 9.80 Å². The van der Waals surface area contributed by atoms with Gasteiger partial charge in [0.05, 0.1) is 12.6 Å². The van der Waals surface area contributed by atoms with Crippen molar-refractivity contribution >= 4 is 17.8 Å². The first-order valence-corrected chi connectivity index (χ1v) is 7.84. The zero-order valence-corrected chi connectivity index (χ0v) is 14.7. The van der Waals surface area contributed by atoms with Gasteiger partial charge in [0.25, 0.3) is 0 Å². The third-order valence-corrected chi connectivity index (χ3v) is 3.97. The number of aliphatic hydroxyl groups excluding tert-OH is 1. The lowest BCUT2D eigenvalue weighted by atomic mass is 10.0. The smallest absolute Gasteiger partial charge is 0.243 e. The number of amides is 2. The molecule has 8 nitrogen and oxygen atoms in total. The normalized spacial score (nSPS) is 19.5. The van der Waals surface area contributed by atoms with Gasteiger partial charge < -0.3 is 25.1 Å². The molecule has 0 aromatic heterocycles. The molecular formula is C15H29N5O3. The molecule has 1 heterocycles. The largest absolute Gasteiger partial charge is 0.393 e. The molecule has 1 saturated heterocycles. The highest BCUT2D eigenvalue weighted by Crippen LogP contribution is 2.19. The monoisotopic (exact) mass is 327 g/mol.